The lowest BCUT2D eigenvalue weighted by molar-refractivity contribution is 0.446. The fraction of sp³-hybridized carbons (Fsp3) is 0.500. The Kier molecular flexibility index (Phi) is 3.30. The van der Waals surface area contributed by atoms with E-state index in [0.717, 1.165) is 42.4 Å². The minimum atomic E-state index is -0.198. The van der Waals surface area contributed by atoms with Crippen molar-refractivity contribution in [3.8, 4) is 0 Å². The Hall–Kier alpha value is -1.39. The molecule has 1 fully saturated rings. The van der Waals surface area contributed by atoms with Gasteiger partial charge in [-0.25, -0.2) is 4.39 Å². The molecule has 108 valence electrons. The lowest BCUT2D eigenvalue weighted by Crippen LogP contribution is -2.45. The average Bonchev–Trinajstić information content (AvgIpc) is 3.07. The van der Waals surface area contributed by atoms with Crippen molar-refractivity contribution >= 4 is 10.9 Å². The van der Waals surface area contributed by atoms with Crippen LogP contribution in [0.2, 0.25) is 0 Å². The molecule has 0 aliphatic heterocycles. The molecule has 20 heavy (non-hydrogen) atoms. The van der Waals surface area contributed by atoms with Crippen molar-refractivity contribution in [2.45, 2.75) is 44.7 Å². The number of fused-ring (bicyclic) bond motifs is 1. The molecule has 0 spiro atoms. The summed E-state index contributed by atoms with van der Waals surface area (Å²) >= 11 is 0. The molecule has 1 aliphatic carbocycles. The van der Waals surface area contributed by atoms with Gasteiger partial charge in [0.15, 0.2) is 0 Å². The Morgan fingerprint density at radius 3 is 2.90 bits per heavy atom. The van der Waals surface area contributed by atoms with Gasteiger partial charge in [0, 0.05) is 28.2 Å². The first kappa shape index (κ1) is 13.6. The second kappa shape index (κ2) is 4.86. The number of nitrogens with one attached hydrogen (secondary N) is 2. The molecule has 1 aromatic carbocycles. The first-order valence-corrected chi connectivity index (χ1v) is 7.28. The van der Waals surface area contributed by atoms with E-state index in [1.807, 2.05) is 13.0 Å². The van der Waals surface area contributed by atoms with Gasteiger partial charge >= 0.3 is 0 Å². The molecule has 0 amide bonds. The van der Waals surface area contributed by atoms with Crippen molar-refractivity contribution in [3.05, 3.63) is 35.3 Å². The molecule has 1 aliphatic rings. The summed E-state index contributed by atoms with van der Waals surface area (Å²) < 4.78 is 13.2. The van der Waals surface area contributed by atoms with Gasteiger partial charge in [0.1, 0.15) is 5.82 Å². The Labute approximate surface area is 118 Å². The van der Waals surface area contributed by atoms with E-state index in [1.54, 1.807) is 6.07 Å². The van der Waals surface area contributed by atoms with E-state index in [2.05, 4.69) is 17.2 Å². The molecule has 0 bridgehead atoms. The number of nitrogens with two attached hydrogens (primary N) is 1. The van der Waals surface area contributed by atoms with Crippen molar-refractivity contribution in [3.63, 3.8) is 0 Å². The maximum atomic E-state index is 13.2. The number of rotatable bonds is 5. The fourth-order valence-electron chi connectivity index (χ4n) is 2.88. The number of hydrogen-bond donors (Lipinski definition) is 3. The van der Waals surface area contributed by atoms with Crippen LogP contribution in [0.3, 0.4) is 0 Å². The first-order valence-electron chi connectivity index (χ1n) is 7.28. The number of hydrogen-bond acceptors (Lipinski definition) is 2. The van der Waals surface area contributed by atoms with Gasteiger partial charge in [0.2, 0.25) is 0 Å². The zero-order chi connectivity index (χ0) is 14.3. The van der Waals surface area contributed by atoms with Crippen LogP contribution >= 0.6 is 0 Å². The van der Waals surface area contributed by atoms with Gasteiger partial charge in [-0.3, -0.25) is 0 Å². The van der Waals surface area contributed by atoms with Gasteiger partial charge in [0.25, 0.3) is 0 Å². The standard InChI is InChI=1S/C16H22FN3/c1-10-13(5-8-19-11(2)16(18)6-7-16)14-4-3-12(17)9-15(14)20-10/h3-4,9,11,19-20H,5-8,18H2,1-2H3. The van der Waals surface area contributed by atoms with Crippen LogP contribution in [-0.4, -0.2) is 23.1 Å². The number of benzene rings is 1. The summed E-state index contributed by atoms with van der Waals surface area (Å²) in [5, 5.41) is 4.63. The van der Waals surface area contributed by atoms with Gasteiger partial charge in [-0.05, 0) is 63.4 Å². The normalized spacial score (nSPS) is 18.4. The highest BCUT2D eigenvalue weighted by molar-refractivity contribution is 5.84. The third-order valence-electron chi connectivity index (χ3n) is 4.60. The Morgan fingerprint density at radius 2 is 2.20 bits per heavy atom. The van der Waals surface area contributed by atoms with E-state index in [4.69, 9.17) is 5.73 Å². The second-order valence-electron chi connectivity index (χ2n) is 6.08. The molecule has 2 aromatic rings. The summed E-state index contributed by atoms with van der Waals surface area (Å²) in [6, 6.07) is 5.29. The van der Waals surface area contributed by atoms with Crippen LogP contribution in [0, 0.1) is 12.7 Å². The lowest BCUT2D eigenvalue weighted by atomic mass is 10.1. The summed E-state index contributed by atoms with van der Waals surface area (Å²) in [5.74, 6) is -0.198. The van der Waals surface area contributed by atoms with Crippen molar-refractivity contribution in [2.24, 2.45) is 5.73 Å². The van der Waals surface area contributed by atoms with E-state index in [-0.39, 0.29) is 11.4 Å². The van der Waals surface area contributed by atoms with E-state index in [0.29, 0.717) is 6.04 Å². The zero-order valence-electron chi connectivity index (χ0n) is 12.1. The SMILES string of the molecule is Cc1[nH]c2cc(F)ccc2c1CCNC(C)C1(N)CC1. The van der Waals surface area contributed by atoms with Gasteiger partial charge in [-0.2, -0.15) is 0 Å². The Balaban J connectivity index is 1.69. The number of aromatic amines is 1. The second-order valence-corrected chi connectivity index (χ2v) is 6.08. The smallest absolute Gasteiger partial charge is 0.125 e. The van der Waals surface area contributed by atoms with Crippen LogP contribution in [0.4, 0.5) is 4.39 Å². The van der Waals surface area contributed by atoms with Crippen LogP contribution in [0.5, 0.6) is 0 Å². The predicted molar refractivity (Wildman–Crippen MR) is 80.3 cm³/mol. The maximum absolute atomic E-state index is 13.2. The molecule has 1 unspecified atom stereocenters. The van der Waals surface area contributed by atoms with E-state index in [1.165, 1.54) is 11.6 Å². The van der Waals surface area contributed by atoms with E-state index >= 15 is 0 Å². The molecular formula is C16H22FN3. The molecule has 1 atom stereocenters. The van der Waals surface area contributed by atoms with Crippen LogP contribution in [0.25, 0.3) is 10.9 Å². The van der Waals surface area contributed by atoms with Gasteiger partial charge < -0.3 is 16.0 Å². The third-order valence-corrected chi connectivity index (χ3v) is 4.60. The highest BCUT2D eigenvalue weighted by Gasteiger charge is 2.43. The van der Waals surface area contributed by atoms with Crippen LogP contribution in [0.1, 0.15) is 31.0 Å². The summed E-state index contributed by atoms with van der Waals surface area (Å²) in [6.07, 6.45) is 3.16. The summed E-state index contributed by atoms with van der Waals surface area (Å²) in [6.45, 7) is 5.09. The summed E-state index contributed by atoms with van der Waals surface area (Å²) in [5.41, 5.74) is 9.45. The molecular weight excluding hydrogens is 253 g/mol. The largest absolute Gasteiger partial charge is 0.358 e. The van der Waals surface area contributed by atoms with Gasteiger partial charge in [-0.1, -0.05) is 0 Å². The van der Waals surface area contributed by atoms with Gasteiger partial charge in [-0.15, -0.1) is 0 Å². The molecule has 4 N–H and O–H groups in total. The summed E-state index contributed by atoms with van der Waals surface area (Å²) in [7, 11) is 0. The van der Waals surface area contributed by atoms with Crippen LogP contribution in [0.15, 0.2) is 18.2 Å². The Bertz CT molecular complexity index is 628. The number of aromatic nitrogens is 1. The van der Waals surface area contributed by atoms with Crippen molar-refractivity contribution in [1.82, 2.24) is 10.3 Å². The quantitative estimate of drug-likeness (QED) is 0.785. The zero-order valence-corrected chi connectivity index (χ0v) is 12.1. The van der Waals surface area contributed by atoms with Crippen LogP contribution in [-0.2, 0) is 6.42 Å². The first-order chi connectivity index (χ1) is 9.49. The topological polar surface area (TPSA) is 53.8 Å². The predicted octanol–water partition coefficient (Wildman–Crippen LogP) is 2.63. The Morgan fingerprint density at radius 1 is 1.45 bits per heavy atom. The summed E-state index contributed by atoms with van der Waals surface area (Å²) in [4.78, 5) is 3.26. The molecule has 3 rings (SSSR count). The molecule has 1 aromatic heterocycles. The van der Waals surface area contributed by atoms with Crippen molar-refractivity contribution in [1.29, 1.82) is 0 Å². The van der Waals surface area contributed by atoms with Gasteiger partial charge in [0.05, 0.1) is 0 Å². The fourth-order valence-corrected chi connectivity index (χ4v) is 2.88. The third kappa shape index (κ3) is 2.45. The molecule has 1 heterocycles. The van der Waals surface area contributed by atoms with E-state index < -0.39 is 0 Å². The van der Waals surface area contributed by atoms with Crippen LogP contribution < -0.4 is 11.1 Å². The minimum absolute atomic E-state index is 0.0123. The lowest BCUT2D eigenvalue weighted by Gasteiger charge is -2.20. The minimum Gasteiger partial charge on any atom is -0.358 e. The number of H-pyrrole nitrogens is 1. The molecule has 0 saturated heterocycles. The monoisotopic (exact) mass is 275 g/mol. The average molecular weight is 275 g/mol. The number of halogens is 1. The van der Waals surface area contributed by atoms with Crippen molar-refractivity contribution in [2.75, 3.05) is 6.54 Å². The number of aryl methyl sites for hydroxylation is 1. The molecule has 4 heteroatoms. The highest BCUT2D eigenvalue weighted by atomic mass is 19.1. The maximum Gasteiger partial charge on any atom is 0.125 e. The molecule has 3 nitrogen and oxygen atoms in total. The highest BCUT2D eigenvalue weighted by Crippen LogP contribution is 2.35. The van der Waals surface area contributed by atoms with E-state index in [9.17, 15) is 4.39 Å². The molecule has 0 radical (unpaired) electrons. The molecule has 1 saturated carbocycles. The van der Waals surface area contributed by atoms with Crippen molar-refractivity contribution < 1.29 is 4.39 Å².